The summed E-state index contributed by atoms with van der Waals surface area (Å²) >= 11 is 0. The van der Waals surface area contributed by atoms with Crippen LogP contribution in [0.15, 0.2) is 42.5 Å². The molecule has 37 heavy (non-hydrogen) atoms. The highest BCUT2D eigenvalue weighted by Crippen LogP contribution is 2.23. The predicted octanol–water partition coefficient (Wildman–Crippen LogP) is 3.61. The summed E-state index contributed by atoms with van der Waals surface area (Å²) in [5, 5.41) is 3.02. The average Bonchev–Trinajstić information content (AvgIpc) is 3.36. The third-order valence-corrected chi connectivity index (χ3v) is 7.59. The Bertz CT molecular complexity index is 1220. The number of amides is 2. The SMILES string of the molecule is CC[C@H](C(=O)NC1CCCC1)N(Cc1cccc(OC)c1)C(=O)CN(c1ccc(F)c(F)c1)S(C)(=O)=O. The number of benzene rings is 2. The number of nitrogens with zero attached hydrogens (tertiary/aromatic N) is 2. The number of ether oxygens (including phenoxy) is 1. The van der Waals surface area contributed by atoms with Crippen LogP contribution in [0, 0.1) is 11.6 Å². The van der Waals surface area contributed by atoms with Crippen LogP contribution < -0.4 is 14.4 Å². The molecule has 0 heterocycles. The van der Waals surface area contributed by atoms with Gasteiger partial charge in [-0.2, -0.15) is 0 Å². The summed E-state index contributed by atoms with van der Waals surface area (Å²) in [6.07, 6.45) is 4.93. The number of sulfonamides is 1. The molecule has 0 spiro atoms. The van der Waals surface area contributed by atoms with Crippen molar-refractivity contribution in [2.75, 3.05) is 24.2 Å². The van der Waals surface area contributed by atoms with Gasteiger partial charge in [-0.15, -0.1) is 0 Å². The second-order valence-electron chi connectivity index (χ2n) is 9.16. The van der Waals surface area contributed by atoms with Crippen molar-refractivity contribution in [2.45, 2.75) is 57.7 Å². The zero-order valence-electron chi connectivity index (χ0n) is 21.2. The number of nitrogens with one attached hydrogen (secondary N) is 1. The smallest absolute Gasteiger partial charge is 0.244 e. The Balaban J connectivity index is 1.94. The van der Waals surface area contributed by atoms with E-state index in [-0.39, 0.29) is 30.6 Å². The van der Waals surface area contributed by atoms with Crippen molar-refractivity contribution in [3.63, 3.8) is 0 Å². The number of rotatable bonds is 11. The third-order valence-electron chi connectivity index (χ3n) is 6.44. The molecule has 0 aliphatic heterocycles. The second kappa shape index (κ2) is 12.4. The Hall–Kier alpha value is -3.21. The summed E-state index contributed by atoms with van der Waals surface area (Å²) < 4.78 is 58.5. The van der Waals surface area contributed by atoms with Gasteiger partial charge < -0.3 is 15.0 Å². The Morgan fingerprint density at radius 1 is 1.11 bits per heavy atom. The number of hydrogen-bond donors (Lipinski definition) is 1. The highest BCUT2D eigenvalue weighted by molar-refractivity contribution is 7.92. The topological polar surface area (TPSA) is 96.0 Å². The van der Waals surface area contributed by atoms with E-state index in [9.17, 15) is 26.8 Å². The van der Waals surface area contributed by atoms with E-state index in [4.69, 9.17) is 4.74 Å². The van der Waals surface area contributed by atoms with Gasteiger partial charge in [-0.3, -0.25) is 13.9 Å². The molecular formula is C26H33F2N3O5S. The molecule has 8 nitrogen and oxygen atoms in total. The lowest BCUT2D eigenvalue weighted by Gasteiger charge is -2.33. The van der Waals surface area contributed by atoms with Crippen LogP contribution in [0.4, 0.5) is 14.5 Å². The lowest BCUT2D eigenvalue weighted by Crippen LogP contribution is -2.53. The number of carbonyl (C=O) groups is 2. The van der Waals surface area contributed by atoms with Crippen molar-refractivity contribution < 1.29 is 31.5 Å². The minimum absolute atomic E-state index is 0.0159. The molecule has 0 saturated heterocycles. The van der Waals surface area contributed by atoms with Crippen LogP contribution in [-0.4, -0.2) is 57.1 Å². The molecule has 1 saturated carbocycles. The monoisotopic (exact) mass is 537 g/mol. The molecule has 1 N–H and O–H groups in total. The first-order valence-electron chi connectivity index (χ1n) is 12.2. The summed E-state index contributed by atoms with van der Waals surface area (Å²) in [6, 6.07) is 8.76. The molecule has 202 valence electrons. The van der Waals surface area contributed by atoms with Crippen LogP contribution >= 0.6 is 0 Å². The van der Waals surface area contributed by atoms with Crippen LogP contribution in [0.2, 0.25) is 0 Å². The van der Waals surface area contributed by atoms with Crippen LogP contribution in [0.5, 0.6) is 5.75 Å². The van der Waals surface area contributed by atoms with Gasteiger partial charge in [0, 0.05) is 18.7 Å². The summed E-state index contributed by atoms with van der Waals surface area (Å²) in [7, 11) is -2.54. The fourth-order valence-corrected chi connectivity index (χ4v) is 5.35. The Kier molecular flexibility index (Phi) is 9.47. The summed E-state index contributed by atoms with van der Waals surface area (Å²) in [6.45, 7) is 1.09. The molecule has 0 unspecified atom stereocenters. The zero-order valence-corrected chi connectivity index (χ0v) is 22.1. The Labute approximate surface area is 216 Å². The molecule has 2 aromatic rings. The van der Waals surface area contributed by atoms with Gasteiger partial charge in [0.25, 0.3) is 0 Å². The lowest BCUT2D eigenvalue weighted by atomic mass is 10.1. The zero-order chi connectivity index (χ0) is 27.2. The Morgan fingerprint density at radius 3 is 2.41 bits per heavy atom. The lowest BCUT2D eigenvalue weighted by molar-refractivity contribution is -0.140. The number of anilines is 1. The fraction of sp³-hybridized carbons (Fsp3) is 0.462. The van der Waals surface area contributed by atoms with Crippen LogP contribution in [0.1, 0.15) is 44.6 Å². The first kappa shape index (κ1) is 28.4. The highest BCUT2D eigenvalue weighted by atomic mass is 32.2. The normalized spacial score (nSPS) is 14.7. The van der Waals surface area contributed by atoms with Gasteiger partial charge in [0.1, 0.15) is 18.3 Å². The van der Waals surface area contributed by atoms with Gasteiger partial charge in [0.05, 0.1) is 19.1 Å². The van der Waals surface area contributed by atoms with Gasteiger partial charge >= 0.3 is 0 Å². The van der Waals surface area contributed by atoms with Crippen molar-refractivity contribution >= 4 is 27.5 Å². The summed E-state index contributed by atoms with van der Waals surface area (Å²) in [4.78, 5) is 28.3. The largest absolute Gasteiger partial charge is 0.497 e. The number of carbonyl (C=O) groups excluding carboxylic acids is 2. The summed E-state index contributed by atoms with van der Waals surface area (Å²) in [5.74, 6) is -2.80. The molecule has 1 aliphatic carbocycles. The first-order valence-corrected chi connectivity index (χ1v) is 14.0. The fourth-order valence-electron chi connectivity index (χ4n) is 4.51. The van der Waals surface area contributed by atoms with Gasteiger partial charge in [0.2, 0.25) is 21.8 Å². The molecule has 11 heteroatoms. The van der Waals surface area contributed by atoms with Crippen molar-refractivity contribution in [3.05, 3.63) is 59.7 Å². The maximum atomic E-state index is 13.9. The number of hydrogen-bond acceptors (Lipinski definition) is 5. The van der Waals surface area contributed by atoms with Crippen molar-refractivity contribution in [1.82, 2.24) is 10.2 Å². The van der Waals surface area contributed by atoms with Gasteiger partial charge in [-0.1, -0.05) is 31.9 Å². The van der Waals surface area contributed by atoms with E-state index in [1.165, 1.54) is 12.0 Å². The molecule has 1 fully saturated rings. The molecule has 0 aromatic heterocycles. The molecular weight excluding hydrogens is 504 g/mol. The van der Waals surface area contributed by atoms with E-state index in [0.29, 0.717) is 15.6 Å². The molecule has 0 radical (unpaired) electrons. The van der Waals surface area contributed by atoms with Gasteiger partial charge in [-0.05, 0) is 49.1 Å². The van der Waals surface area contributed by atoms with Crippen LogP contribution in [0.3, 0.4) is 0 Å². The van der Waals surface area contributed by atoms with E-state index in [2.05, 4.69) is 5.32 Å². The van der Waals surface area contributed by atoms with E-state index in [1.54, 1.807) is 31.2 Å². The van der Waals surface area contributed by atoms with Crippen molar-refractivity contribution in [1.29, 1.82) is 0 Å². The minimum atomic E-state index is -4.05. The molecule has 3 rings (SSSR count). The number of halogens is 2. The van der Waals surface area contributed by atoms with Crippen molar-refractivity contribution in [3.8, 4) is 5.75 Å². The first-order chi connectivity index (χ1) is 17.5. The predicted molar refractivity (Wildman–Crippen MR) is 137 cm³/mol. The van der Waals surface area contributed by atoms with Crippen molar-refractivity contribution in [2.24, 2.45) is 0 Å². The Morgan fingerprint density at radius 2 is 1.81 bits per heavy atom. The maximum Gasteiger partial charge on any atom is 0.244 e. The third kappa shape index (κ3) is 7.41. The second-order valence-corrected chi connectivity index (χ2v) is 11.1. The molecule has 2 amide bonds. The molecule has 1 aliphatic rings. The van der Waals surface area contributed by atoms with Gasteiger partial charge in [-0.25, -0.2) is 17.2 Å². The maximum absolute atomic E-state index is 13.9. The minimum Gasteiger partial charge on any atom is -0.497 e. The molecule has 0 bridgehead atoms. The standard InChI is InChI=1S/C26H33F2N3O5S/c1-4-24(26(33)29-19-9-5-6-10-19)30(16-18-8-7-11-21(14-18)36-2)25(32)17-31(37(3,34)35)20-12-13-22(27)23(28)15-20/h7-8,11-15,19,24H,4-6,9-10,16-17H2,1-3H3,(H,29,33)/t24-/m1/s1. The van der Waals surface area contributed by atoms with E-state index in [1.807, 2.05) is 0 Å². The quantitative estimate of drug-likeness (QED) is 0.473. The molecule has 2 aromatic carbocycles. The van der Waals surface area contributed by atoms with E-state index >= 15 is 0 Å². The van der Waals surface area contributed by atoms with Gasteiger partial charge in [0.15, 0.2) is 11.6 Å². The average molecular weight is 538 g/mol. The number of methoxy groups -OCH3 is 1. The van der Waals surface area contributed by atoms with Crippen LogP contribution in [-0.2, 0) is 26.2 Å². The molecule has 1 atom stereocenters. The van der Waals surface area contributed by atoms with E-state index < -0.39 is 40.2 Å². The summed E-state index contributed by atoms with van der Waals surface area (Å²) in [5.41, 5.74) is 0.484. The van der Waals surface area contributed by atoms with Crippen LogP contribution in [0.25, 0.3) is 0 Å². The highest BCUT2D eigenvalue weighted by Gasteiger charge is 2.33. The van der Waals surface area contributed by atoms with E-state index in [0.717, 1.165) is 50.1 Å².